The number of carboxylic acids is 1. The van der Waals surface area contributed by atoms with E-state index in [1.165, 1.54) is 39.8 Å². The number of nitrogens with one attached hydrogen (secondary N) is 1. The van der Waals surface area contributed by atoms with Crippen LogP contribution in [0.2, 0.25) is 0 Å². The van der Waals surface area contributed by atoms with Gasteiger partial charge in [0.25, 0.3) is 5.91 Å². The van der Waals surface area contributed by atoms with Gasteiger partial charge >= 0.3 is 5.97 Å². The lowest BCUT2D eigenvalue weighted by molar-refractivity contribution is -0.150. The maximum Gasteiger partial charge on any atom is 0.352 e. The Hall–Kier alpha value is -2.58. The lowest BCUT2D eigenvalue weighted by Crippen LogP contribution is -2.70. The van der Waals surface area contributed by atoms with Crippen molar-refractivity contribution < 1.29 is 19.5 Å². The van der Waals surface area contributed by atoms with Crippen molar-refractivity contribution in [2.24, 2.45) is 7.05 Å². The third kappa shape index (κ3) is 3.89. The molecule has 2 aromatic heterocycles. The molecule has 1 fully saturated rings. The van der Waals surface area contributed by atoms with Crippen molar-refractivity contribution in [3.05, 3.63) is 28.7 Å². The minimum Gasteiger partial charge on any atom is -0.477 e. The number of fused-ring (bicyclic) bond motifs is 1. The lowest BCUT2D eigenvalue weighted by Gasteiger charge is -2.49. The summed E-state index contributed by atoms with van der Waals surface area (Å²) >= 11 is 4.02. The van der Waals surface area contributed by atoms with Crippen molar-refractivity contribution in [3.63, 3.8) is 0 Å². The molecule has 1 unspecified atom stereocenters. The molecular formula is C16H17N7O4S3. The number of aromatic nitrogens is 4. The number of aliphatic carboxylic acids is 1. The third-order valence-electron chi connectivity index (χ3n) is 4.52. The molecule has 0 radical (unpaired) electrons. The maximum absolute atomic E-state index is 12.7. The smallest absolute Gasteiger partial charge is 0.352 e. The number of nitrogens with two attached hydrogens (primary N) is 1. The van der Waals surface area contributed by atoms with Gasteiger partial charge in [-0.3, -0.25) is 14.5 Å². The Morgan fingerprint density at radius 3 is 2.90 bits per heavy atom. The molecule has 0 aliphatic carbocycles. The van der Waals surface area contributed by atoms with Crippen LogP contribution in [0.5, 0.6) is 0 Å². The van der Waals surface area contributed by atoms with Gasteiger partial charge in [0.15, 0.2) is 10.3 Å². The summed E-state index contributed by atoms with van der Waals surface area (Å²) in [4.78, 5) is 42.1. The maximum atomic E-state index is 12.7. The van der Waals surface area contributed by atoms with Crippen molar-refractivity contribution in [1.82, 2.24) is 30.0 Å². The number of thiazole rings is 1. The van der Waals surface area contributed by atoms with E-state index < -0.39 is 23.3 Å². The fourth-order valence-electron chi connectivity index (χ4n) is 3.14. The summed E-state index contributed by atoms with van der Waals surface area (Å²) in [5.74, 6) is -1.14. The highest BCUT2D eigenvalue weighted by Gasteiger charge is 2.54. The molecule has 0 aromatic carbocycles. The standard InChI is InChI=1S/C16H17N7O4S3/c1-22-6-18-21-16(22)30-4-7-3-28-13-10(12(25)23(13)11(7)14(26)27)20-9(24)2-8-5-29-15(17)19-8/h5-6,10,13H,2-4H2,1H3,(H2,17,19)(H,20,24)(H,26,27)/t10?,13-/m1/s1. The molecule has 2 aliphatic heterocycles. The van der Waals surface area contributed by atoms with E-state index in [9.17, 15) is 19.5 Å². The van der Waals surface area contributed by atoms with E-state index in [0.717, 1.165) is 0 Å². The van der Waals surface area contributed by atoms with Gasteiger partial charge in [-0.2, -0.15) is 0 Å². The molecular weight excluding hydrogens is 450 g/mol. The molecule has 4 N–H and O–H groups in total. The zero-order valence-corrected chi connectivity index (χ0v) is 18.1. The largest absolute Gasteiger partial charge is 0.477 e. The Morgan fingerprint density at radius 1 is 1.47 bits per heavy atom. The Bertz CT molecular complexity index is 1050. The topological polar surface area (TPSA) is 156 Å². The van der Waals surface area contributed by atoms with E-state index >= 15 is 0 Å². The van der Waals surface area contributed by atoms with Gasteiger partial charge in [0, 0.05) is 23.9 Å². The number of β-lactam (4-membered cyclic amide) rings is 1. The number of hydrogen-bond acceptors (Lipinski definition) is 10. The van der Waals surface area contributed by atoms with Crippen LogP contribution in [0.3, 0.4) is 0 Å². The van der Waals surface area contributed by atoms with Crippen LogP contribution in [0.25, 0.3) is 0 Å². The molecule has 1 saturated heterocycles. The van der Waals surface area contributed by atoms with E-state index in [0.29, 0.717) is 33.1 Å². The van der Waals surface area contributed by atoms with Crippen molar-refractivity contribution in [1.29, 1.82) is 0 Å². The molecule has 14 heteroatoms. The van der Waals surface area contributed by atoms with Crippen LogP contribution in [0.4, 0.5) is 5.13 Å². The van der Waals surface area contributed by atoms with Gasteiger partial charge in [-0.15, -0.1) is 33.3 Å². The second-order valence-electron chi connectivity index (χ2n) is 6.58. The Balaban J connectivity index is 1.44. The second-order valence-corrected chi connectivity index (χ2v) is 9.52. The van der Waals surface area contributed by atoms with Crippen molar-refractivity contribution in [2.75, 3.05) is 17.2 Å². The van der Waals surface area contributed by atoms with Crippen LogP contribution in [0, 0.1) is 0 Å². The van der Waals surface area contributed by atoms with E-state index in [2.05, 4.69) is 20.5 Å². The SMILES string of the molecule is Cn1cnnc1SCC1=C(C(=O)O)N2C(=O)C(NC(=O)Cc3csc(N)n3)[C@H]2SC1. The van der Waals surface area contributed by atoms with Crippen LogP contribution < -0.4 is 11.1 Å². The molecule has 0 bridgehead atoms. The van der Waals surface area contributed by atoms with Gasteiger partial charge in [-0.25, -0.2) is 9.78 Å². The summed E-state index contributed by atoms with van der Waals surface area (Å²) in [6, 6.07) is -0.763. The molecule has 4 rings (SSSR count). The minimum absolute atomic E-state index is 0.0100. The van der Waals surface area contributed by atoms with Gasteiger partial charge in [0.2, 0.25) is 5.91 Å². The lowest BCUT2D eigenvalue weighted by atomic mass is 10.0. The highest BCUT2D eigenvalue weighted by atomic mass is 32.2. The number of thioether (sulfide) groups is 2. The summed E-state index contributed by atoms with van der Waals surface area (Å²) in [5, 5.41) is 22.4. The highest BCUT2D eigenvalue weighted by molar-refractivity contribution is 8.01. The molecule has 2 atom stereocenters. The normalized spacial score (nSPS) is 20.7. The summed E-state index contributed by atoms with van der Waals surface area (Å²) in [6.07, 6.45) is 1.57. The number of rotatable bonds is 7. The summed E-state index contributed by atoms with van der Waals surface area (Å²) in [5.41, 5.74) is 6.71. The number of amides is 2. The van der Waals surface area contributed by atoms with Crippen molar-refractivity contribution >= 4 is 57.8 Å². The van der Waals surface area contributed by atoms with E-state index in [1.54, 1.807) is 23.3 Å². The molecule has 158 valence electrons. The Kier molecular flexibility index (Phi) is 5.71. The molecule has 30 heavy (non-hydrogen) atoms. The fraction of sp³-hybridized carbons (Fsp3) is 0.375. The Labute approximate surface area is 183 Å². The first kappa shape index (κ1) is 20.7. The van der Waals surface area contributed by atoms with Crippen LogP contribution in [0.1, 0.15) is 5.69 Å². The highest BCUT2D eigenvalue weighted by Crippen LogP contribution is 2.41. The molecule has 4 heterocycles. The molecule has 11 nitrogen and oxygen atoms in total. The van der Waals surface area contributed by atoms with Gasteiger partial charge < -0.3 is 20.7 Å². The van der Waals surface area contributed by atoms with Gasteiger partial charge in [-0.1, -0.05) is 11.8 Å². The molecule has 0 saturated carbocycles. The number of aryl methyl sites for hydroxylation is 1. The minimum atomic E-state index is -1.16. The number of nitrogens with zero attached hydrogens (tertiary/aromatic N) is 5. The predicted octanol–water partition coefficient (Wildman–Crippen LogP) is -0.0728. The summed E-state index contributed by atoms with van der Waals surface area (Å²) in [6.45, 7) is 0. The van der Waals surface area contributed by atoms with Gasteiger partial charge in [0.05, 0.1) is 12.1 Å². The molecule has 2 aromatic rings. The van der Waals surface area contributed by atoms with Crippen LogP contribution in [-0.2, 0) is 27.9 Å². The Morgan fingerprint density at radius 2 is 2.27 bits per heavy atom. The van der Waals surface area contributed by atoms with E-state index in [4.69, 9.17) is 5.73 Å². The number of nitrogen functional groups attached to an aromatic ring is 1. The van der Waals surface area contributed by atoms with Crippen LogP contribution in [0.15, 0.2) is 28.1 Å². The number of carbonyl (C=O) groups is 3. The predicted molar refractivity (Wildman–Crippen MR) is 112 cm³/mol. The number of carbonyl (C=O) groups excluding carboxylic acids is 2. The first-order valence-corrected chi connectivity index (χ1v) is 11.6. The number of anilines is 1. The first-order valence-electron chi connectivity index (χ1n) is 8.71. The van der Waals surface area contributed by atoms with Crippen LogP contribution in [-0.4, -0.2) is 70.5 Å². The number of hydrogen-bond donors (Lipinski definition) is 3. The number of carboxylic acid groups (broad SMARTS) is 1. The van der Waals surface area contributed by atoms with Gasteiger partial charge in [-0.05, 0) is 5.57 Å². The zero-order chi connectivity index (χ0) is 21.4. The molecule has 2 amide bonds. The quantitative estimate of drug-likeness (QED) is 0.372. The van der Waals surface area contributed by atoms with E-state index in [-0.39, 0.29) is 18.0 Å². The second kappa shape index (κ2) is 8.28. The van der Waals surface area contributed by atoms with E-state index in [1.807, 2.05) is 0 Å². The third-order valence-corrected chi connectivity index (χ3v) is 7.71. The summed E-state index contributed by atoms with van der Waals surface area (Å²) in [7, 11) is 1.80. The fourth-order valence-corrected chi connectivity index (χ4v) is 6.08. The van der Waals surface area contributed by atoms with Gasteiger partial charge in [0.1, 0.15) is 23.4 Å². The monoisotopic (exact) mass is 467 g/mol. The molecule has 0 spiro atoms. The van der Waals surface area contributed by atoms with Crippen LogP contribution >= 0.6 is 34.9 Å². The first-order chi connectivity index (χ1) is 14.3. The van der Waals surface area contributed by atoms with Crippen molar-refractivity contribution in [2.45, 2.75) is 23.0 Å². The molecule has 2 aliphatic rings. The average Bonchev–Trinajstić information content (AvgIpc) is 3.31. The zero-order valence-electron chi connectivity index (χ0n) is 15.6. The summed E-state index contributed by atoms with van der Waals surface area (Å²) < 4.78 is 1.74. The van der Waals surface area contributed by atoms with Crippen molar-refractivity contribution in [3.8, 4) is 0 Å². The average molecular weight is 468 g/mol.